The molecule has 0 fully saturated rings. The first-order valence-electron chi connectivity index (χ1n) is 6.53. The van der Waals surface area contributed by atoms with E-state index in [4.69, 9.17) is 11.6 Å². The van der Waals surface area contributed by atoms with Gasteiger partial charge in [-0.3, -0.25) is 4.79 Å². The first-order valence-corrected chi connectivity index (χ1v) is 6.91. The summed E-state index contributed by atoms with van der Waals surface area (Å²) in [5.41, 5.74) is 2.53. The summed E-state index contributed by atoms with van der Waals surface area (Å²) in [6.45, 7) is 1.91. The second-order valence-electron chi connectivity index (χ2n) is 4.89. The Bertz CT molecular complexity index is 864. The maximum absolute atomic E-state index is 11.8. The number of hydrogen-bond acceptors (Lipinski definition) is 2. The van der Waals surface area contributed by atoms with Crippen molar-refractivity contribution in [3.05, 3.63) is 70.0 Å². The van der Waals surface area contributed by atoms with Crippen LogP contribution in [0, 0.1) is 6.92 Å². The van der Waals surface area contributed by atoms with Gasteiger partial charge in [0.25, 0.3) is 5.56 Å². The lowest BCUT2D eigenvalue weighted by Crippen LogP contribution is -2.15. The van der Waals surface area contributed by atoms with Crippen LogP contribution < -0.4 is 5.56 Å². The quantitative estimate of drug-likeness (QED) is 0.729. The smallest absolute Gasteiger partial charge is 0.252 e. The molecule has 0 bridgehead atoms. The van der Waals surface area contributed by atoms with E-state index in [9.17, 15) is 4.79 Å². The zero-order valence-electron chi connectivity index (χ0n) is 11.7. The molecule has 0 aliphatic heterocycles. The number of benzene rings is 1. The van der Waals surface area contributed by atoms with Crippen molar-refractivity contribution < 1.29 is 0 Å². The first kappa shape index (κ1) is 13.6. The van der Waals surface area contributed by atoms with Crippen LogP contribution in [-0.2, 0) is 7.05 Å². The lowest BCUT2D eigenvalue weighted by molar-refractivity contribution is 0.847. The highest BCUT2D eigenvalue weighted by molar-refractivity contribution is 6.30. The van der Waals surface area contributed by atoms with Crippen molar-refractivity contribution in [1.29, 1.82) is 0 Å². The maximum atomic E-state index is 11.8. The summed E-state index contributed by atoms with van der Waals surface area (Å²) in [7, 11) is 1.73. The molecule has 2 heterocycles. The minimum atomic E-state index is -0.0510. The number of aromatic nitrogens is 3. The molecule has 0 amide bonds. The van der Waals surface area contributed by atoms with Gasteiger partial charge in [-0.15, -0.1) is 0 Å². The fraction of sp³-hybridized carbons (Fsp3) is 0.125. The van der Waals surface area contributed by atoms with Crippen LogP contribution in [0.4, 0.5) is 0 Å². The highest BCUT2D eigenvalue weighted by atomic mass is 35.5. The molecule has 1 aromatic carbocycles. The first-order chi connectivity index (χ1) is 10.0. The number of pyridine rings is 1. The summed E-state index contributed by atoms with van der Waals surface area (Å²) in [5.74, 6) is 0.818. The van der Waals surface area contributed by atoms with Crippen molar-refractivity contribution in [2.24, 2.45) is 7.05 Å². The summed E-state index contributed by atoms with van der Waals surface area (Å²) in [6, 6.07) is 11.0. The predicted octanol–water partition coefficient (Wildman–Crippen LogP) is 3.20. The molecule has 4 nitrogen and oxygen atoms in total. The number of nitrogens with zero attached hydrogens (tertiary/aromatic N) is 3. The minimum Gasteiger partial charge on any atom is -0.318 e. The summed E-state index contributed by atoms with van der Waals surface area (Å²) < 4.78 is 3.44. The Balaban J connectivity index is 2.09. The standard InChI is InChI=1S/C16H14ClN3O/c1-11-18-15(12-4-3-5-13(17)8-12)10-20(11)14-6-7-19(2)16(21)9-14/h3-10H,1-2H3. The lowest BCUT2D eigenvalue weighted by atomic mass is 10.2. The van der Waals surface area contributed by atoms with Crippen molar-refractivity contribution in [1.82, 2.24) is 14.1 Å². The normalized spacial score (nSPS) is 10.8. The van der Waals surface area contributed by atoms with Gasteiger partial charge in [0.2, 0.25) is 0 Å². The van der Waals surface area contributed by atoms with Gasteiger partial charge in [0.1, 0.15) is 5.82 Å². The van der Waals surface area contributed by atoms with Crippen LogP contribution in [0.2, 0.25) is 5.02 Å². The summed E-state index contributed by atoms with van der Waals surface area (Å²) in [5, 5.41) is 0.674. The molecular weight excluding hydrogens is 286 g/mol. The van der Waals surface area contributed by atoms with Crippen LogP contribution in [0.25, 0.3) is 16.9 Å². The Labute approximate surface area is 127 Å². The SMILES string of the molecule is Cc1nc(-c2cccc(Cl)c2)cn1-c1ccn(C)c(=O)c1. The molecule has 0 saturated carbocycles. The van der Waals surface area contributed by atoms with Crippen LogP contribution in [0.3, 0.4) is 0 Å². The van der Waals surface area contributed by atoms with Crippen molar-refractivity contribution >= 4 is 11.6 Å². The third-order valence-corrected chi connectivity index (χ3v) is 3.60. The number of hydrogen-bond donors (Lipinski definition) is 0. The van der Waals surface area contributed by atoms with Gasteiger partial charge in [-0.05, 0) is 25.1 Å². The molecule has 2 aromatic heterocycles. The average molecular weight is 300 g/mol. The highest BCUT2D eigenvalue weighted by Gasteiger charge is 2.09. The molecule has 3 aromatic rings. The molecule has 0 saturated heterocycles. The largest absolute Gasteiger partial charge is 0.318 e. The molecule has 0 aliphatic carbocycles. The minimum absolute atomic E-state index is 0.0510. The highest BCUT2D eigenvalue weighted by Crippen LogP contribution is 2.23. The fourth-order valence-corrected chi connectivity index (χ4v) is 2.40. The topological polar surface area (TPSA) is 39.8 Å². The van der Waals surface area contributed by atoms with Gasteiger partial charge in [-0.25, -0.2) is 4.98 Å². The van der Waals surface area contributed by atoms with Crippen molar-refractivity contribution in [2.75, 3.05) is 0 Å². The molecular formula is C16H14ClN3O. The molecule has 0 atom stereocenters. The molecule has 106 valence electrons. The van der Waals surface area contributed by atoms with Gasteiger partial charge in [0, 0.05) is 36.1 Å². The molecule has 0 spiro atoms. The Morgan fingerprint density at radius 2 is 2.00 bits per heavy atom. The van der Waals surface area contributed by atoms with Crippen molar-refractivity contribution in [3.8, 4) is 16.9 Å². The third-order valence-electron chi connectivity index (χ3n) is 3.37. The molecule has 0 radical (unpaired) electrons. The second-order valence-corrected chi connectivity index (χ2v) is 5.32. The van der Waals surface area contributed by atoms with Crippen LogP contribution >= 0.6 is 11.6 Å². The van der Waals surface area contributed by atoms with E-state index in [2.05, 4.69) is 4.98 Å². The zero-order valence-corrected chi connectivity index (χ0v) is 12.5. The molecule has 0 aliphatic rings. The molecule has 5 heteroatoms. The van der Waals surface area contributed by atoms with E-state index < -0.39 is 0 Å². The van der Waals surface area contributed by atoms with Crippen LogP contribution in [0.15, 0.2) is 53.6 Å². The van der Waals surface area contributed by atoms with E-state index >= 15 is 0 Å². The van der Waals surface area contributed by atoms with E-state index in [-0.39, 0.29) is 5.56 Å². The van der Waals surface area contributed by atoms with Crippen molar-refractivity contribution in [2.45, 2.75) is 6.92 Å². The van der Waals surface area contributed by atoms with Gasteiger partial charge in [-0.1, -0.05) is 23.7 Å². The van der Waals surface area contributed by atoms with E-state index in [1.165, 1.54) is 4.57 Å². The zero-order chi connectivity index (χ0) is 15.0. The van der Waals surface area contributed by atoms with E-state index in [0.717, 1.165) is 22.8 Å². The maximum Gasteiger partial charge on any atom is 0.252 e. The molecule has 21 heavy (non-hydrogen) atoms. The van der Waals surface area contributed by atoms with Crippen LogP contribution in [0.5, 0.6) is 0 Å². The van der Waals surface area contributed by atoms with Crippen LogP contribution in [-0.4, -0.2) is 14.1 Å². The lowest BCUT2D eigenvalue weighted by Gasteiger charge is -2.05. The summed E-state index contributed by atoms with van der Waals surface area (Å²) in [4.78, 5) is 16.3. The number of halogens is 1. The Kier molecular flexibility index (Phi) is 3.39. The summed E-state index contributed by atoms with van der Waals surface area (Å²) >= 11 is 6.02. The number of rotatable bonds is 2. The monoisotopic (exact) mass is 299 g/mol. The number of imidazole rings is 1. The van der Waals surface area contributed by atoms with Crippen LogP contribution in [0.1, 0.15) is 5.82 Å². The number of aryl methyl sites for hydroxylation is 2. The third kappa shape index (κ3) is 2.62. The van der Waals surface area contributed by atoms with E-state index in [0.29, 0.717) is 5.02 Å². The van der Waals surface area contributed by atoms with Crippen molar-refractivity contribution in [3.63, 3.8) is 0 Å². The summed E-state index contributed by atoms with van der Waals surface area (Å²) in [6.07, 6.45) is 3.66. The second kappa shape index (κ2) is 5.22. The van der Waals surface area contributed by atoms with Gasteiger partial charge in [0.15, 0.2) is 0 Å². The Morgan fingerprint density at radius 3 is 2.71 bits per heavy atom. The van der Waals surface area contributed by atoms with E-state index in [1.807, 2.05) is 48.0 Å². The molecule has 0 unspecified atom stereocenters. The molecule has 3 rings (SSSR count). The Hall–Kier alpha value is -2.33. The average Bonchev–Trinajstić information content (AvgIpc) is 2.84. The molecule has 0 N–H and O–H groups in total. The van der Waals surface area contributed by atoms with E-state index in [1.54, 1.807) is 19.3 Å². The Morgan fingerprint density at radius 1 is 1.19 bits per heavy atom. The van der Waals surface area contributed by atoms with Gasteiger partial charge in [-0.2, -0.15) is 0 Å². The van der Waals surface area contributed by atoms with Gasteiger partial charge < -0.3 is 9.13 Å². The van der Waals surface area contributed by atoms with Gasteiger partial charge >= 0.3 is 0 Å². The fourth-order valence-electron chi connectivity index (χ4n) is 2.21. The van der Waals surface area contributed by atoms with Gasteiger partial charge in [0.05, 0.1) is 11.4 Å². The predicted molar refractivity (Wildman–Crippen MR) is 84.0 cm³/mol.